The second-order valence-electron chi connectivity index (χ2n) is 7.80. The molecule has 0 radical (unpaired) electrons. The van der Waals surface area contributed by atoms with Gasteiger partial charge in [0.1, 0.15) is 0 Å². The quantitative estimate of drug-likeness (QED) is 0.744. The molecule has 0 aromatic heterocycles. The van der Waals surface area contributed by atoms with Gasteiger partial charge in [0.2, 0.25) is 0 Å². The summed E-state index contributed by atoms with van der Waals surface area (Å²) in [5.74, 6) is 1.52. The molecule has 2 saturated carbocycles. The third-order valence-corrected chi connectivity index (χ3v) is 5.97. The number of nitrogens with zero attached hydrogens (tertiary/aromatic N) is 1. The normalized spacial score (nSPS) is 39.5. The van der Waals surface area contributed by atoms with Gasteiger partial charge in [0.05, 0.1) is 12.7 Å². The Morgan fingerprint density at radius 2 is 1.94 bits per heavy atom. The van der Waals surface area contributed by atoms with Crippen LogP contribution in [0.5, 0.6) is 0 Å². The molecule has 2 aliphatic carbocycles. The first-order chi connectivity index (χ1) is 8.27. The fraction of sp³-hybridized carbons (Fsp3) is 1.00. The minimum absolute atomic E-state index is 0.412. The predicted octanol–water partition coefficient (Wildman–Crippen LogP) is 3.42. The second-order valence-corrected chi connectivity index (χ2v) is 7.80. The van der Waals surface area contributed by atoms with E-state index in [0.29, 0.717) is 22.9 Å². The molecule has 4 atom stereocenters. The van der Waals surface area contributed by atoms with E-state index >= 15 is 0 Å². The van der Waals surface area contributed by atoms with E-state index in [-0.39, 0.29) is 0 Å². The Morgan fingerprint density at radius 3 is 2.39 bits per heavy atom. The Bertz CT molecular complexity index is 299. The molecule has 18 heavy (non-hydrogen) atoms. The van der Waals surface area contributed by atoms with Crippen LogP contribution in [0.4, 0.5) is 0 Å². The highest BCUT2D eigenvalue weighted by molar-refractivity contribution is 5.11. The molecule has 106 valence electrons. The zero-order valence-corrected chi connectivity index (χ0v) is 13.1. The molecule has 0 saturated heterocycles. The van der Waals surface area contributed by atoms with Crippen LogP contribution in [0.2, 0.25) is 0 Å². The maximum Gasteiger partial charge on any atom is 0.0636 e. The van der Waals surface area contributed by atoms with Crippen LogP contribution in [0.15, 0.2) is 0 Å². The summed E-state index contributed by atoms with van der Waals surface area (Å²) >= 11 is 0. The van der Waals surface area contributed by atoms with Crippen molar-refractivity contribution < 1.29 is 4.74 Å². The first kappa shape index (κ1) is 14.3. The van der Waals surface area contributed by atoms with Crippen molar-refractivity contribution in [1.29, 1.82) is 0 Å². The van der Waals surface area contributed by atoms with Crippen molar-refractivity contribution in [1.82, 2.24) is 4.90 Å². The van der Waals surface area contributed by atoms with Crippen LogP contribution >= 0.6 is 0 Å². The Balaban J connectivity index is 1.89. The van der Waals surface area contributed by atoms with E-state index in [1.807, 2.05) is 0 Å². The predicted molar refractivity (Wildman–Crippen MR) is 76.7 cm³/mol. The van der Waals surface area contributed by atoms with E-state index in [1.54, 1.807) is 0 Å². The van der Waals surface area contributed by atoms with Gasteiger partial charge in [-0.1, -0.05) is 27.7 Å². The summed E-state index contributed by atoms with van der Waals surface area (Å²) in [5, 5.41) is 0. The first-order valence-electron chi connectivity index (χ1n) is 7.53. The van der Waals surface area contributed by atoms with Crippen LogP contribution in [-0.2, 0) is 4.74 Å². The maximum absolute atomic E-state index is 6.31. The molecule has 2 bridgehead atoms. The van der Waals surface area contributed by atoms with Crippen molar-refractivity contribution in [3.05, 3.63) is 0 Å². The minimum Gasteiger partial charge on any atom is -0.377 e. The Kier molecular flexibility index (Phi) is 3.81. The highest BCUT2D eigenvalue weighted by Gasteiger charge is 2.61. The average molecular weight is 253 g/mol. The molecule has 0 spiro atoms. The zero-order chi connectivity index (χ0) is 13.6. The van der Waals surface area contributed by atoms with Crippen LogP contribution in [0.1, 0.15) is 47.0 Å². The topological polar surface area (TPSA) is 12.5 Å². The maximum atomic E-state index is 6.31. The summed E-state index contributed by atoms with van der Waals surface area (Å²) in [7, 11) is 4.27. The van der Waals surface area contributed by atoms with Gasteiger partial charge >= 0.3 is 0 Å². The average Bonchev–Trinajstić information content (AvgIpc) is 2.57. The molecule has 4 unspecified atom stereocenters. The van der Waals surface area contributed by atoms with Crippen LogP contribution in [0.25, 0.3) is 0 Å². The zero-order valence-electron chi connectivity index (χ0n) is 13.1. The monoisotopic (exact) mass is 253 g/mol. The highest BCUT2D eigenvalue weighted by atomic mass is 16.5. The number of hydrogen-bond acceptors (Lipinski definition) is 2. The lowest BCUT2D eigenvalue weighted by Crippen LogP contribution is -2.38. The van der Waals surface area contributed by atoms with Crippen molar-refractivity contribution >= 4 is 0 Å². The third kappa shape index (κ3) is 2.22. The second kappa shape index (κ2) is 4.79. The number of ether oxygens (including phenoxy) is 1. The lowest BCUT2D eigenvalue weighted by atomic mass is 9.70. The molecule has 2 heteroatoms. The largest absolute Gasteiger partial charge is 0.377 e. The smallest absolute Gasteiger partial charge is 0.0636 e. The van der Waals surface area contributed by atoms with Gasteiger partial charge in [0.15, 0.2) is 0 Å². The summed E-state index contributed by atoms with van der Waals surface area (Å²) in [4.78, 5) is 2.25. The van der Waals surface area contributed by atoms with Crippen LogP contribution in [-0.4, -0.2) is 38.3 Å². The summed E-state index contributed by atoms with van der Waals surface area (Å²) in [6.45, 7) is 11.7. The van der Waals surface area contributed by atoms with Crippen molar-refractivity contribution in [2.75, 3.05) is 27.2 Å². The first-order valence-corrected chi connectivity index (χ1v) is 7.53. The molecule has 0 N–H and O–H groups in total. The molecular formula is C16H31NO. The standard InChI is InChI=1S/C16H31NO/c1-12(10-17(5)6)11-18-14-9-13-7-8-16(14,4)15(13,2)3/h12-14H,7-11H2,1-6H3. The molecule has 0 amide bonds. The van der Waals surface area contributed by atoms with E-state index < -0.39 is 0 Å². The summed E-state index contributed by atoms with van der Waals surface area (Å²) in [6, 6.07) is 0. The number of hydrogen-bond donors (Lipinski definition) is 0. The summed E-state index contributed by atoms with van der Waals surface area (Å²) in [5.41, 5.74) is 0.887. The van der Waals surface area contributed by atoms with E-state index in [1.165, 1.54) is 19.3 Å². The van der Waals surface area contributed by atoms with Gasteiger partial charge in [-0.15, -0.1) is 0 Å². The van der Waals surface area contributed by atoms with Gasteiger partial charge < -0.3 is 9.64 Å². The van der Waals surface area contributed by atoms with Gasteiger partial charge in [-0.3, -0.25) is 0 Å². The molecule has 0 aromatic carbocycles. The van der Waals surface area contributed by atoms with Crippen molar-refractivity contribution in [3.8, 4) is 0 Å². The Labute approximate surface area is 113 Å². The highest BCUT2D eigenvalue weighted by Crippen LogP contribution is 2.66. The van der Waals surface area contributed by atoms with E-state index in [0.717, 1.165) is 19.1 Å². The number of fused-ring (bicyclic) bond motifs is 2. The lowest BCUT2D eigenvalue weighted by molar-refractivity contribution is -0.0586. The van der Waals surface area contributed by atoms with Gasteiger partial charge in [0.25, 0.3) is 0 Å². The van der Waals surface area contributed by atoms with Gasteiger partial charge in [0, 0.05) is 6.54 Å². The van der Waals surface area contributed by atoms with E-state index in [2.05, 4.69) is 46.7 Å². The van der Waals surface area contributed by atoms with Gasteiger partial charge in [-0.05, 0) is 56.0 Å². The molecule has 2 aliphatic rings. The fourth-order valence-corrected chi connectivity index (χ4v) is 4.34. The Hall–Kier alpha value is -0.0800. The summed E-state index contributed by atoms with van der Waals surface area (Å²) < 4.78 is 6.31. The lowest BCUT2D eigenvalue weighted by Gasteiger charge is -2.39. The van der Waals surface area contributed by atoms with E-state index in [9.17, 15) is 0 Å². The fourth-order valence-electron chi connectivity index (χ4n) is 4.34. The van der Waals surface area contributed by atoms with Crippen LogP contribution in [0, 0.1) is 22.7 Å². The van der Waals surface area contributed by atoms with Crippen molar-refractivity contribution in [2.24, 2.45) is 22.7 Å². The van der Waals surface area contributed by atoms with Gasteiger partial charge in [-0.25, -0.2) is 0 Å². The Morgan fingerprint density at radius 1 is 1.28 bits per heavy atom. The molecule has 2 fully saturated rings. The van der Waals surface area contributed by atoms with Crippen LogP contribution < -0.4 is 0 Å². The van der Waals surface area contributed by atoms with Crippen molar-refractivity contribution in [3.63, 3.8) is 0 Å². The summed E-state index contributed by atoms with van der Waals surface area (Å²) in [6.07, 6.45) is 4.56. The molecule has 2 rings (SSSR count). The molecule has 0 aromatic rings. The third-order valence-electron chi connectivity index (χ3n) is 5.97. The SMILES string of the molecule is CC(COC1CC2CCC1(C)C2(C)C)CN(C)C. The molecule has 2 nitrogen and oxygen atoms in total. The molecular weight excluding hydrogens is 222 g/mol. The van der Waals surface area contributed by atoms with E-state index in [4.69, 9.17) is 4.74 Å². The minimum atomic E-state index is 0.412. The van der Waals surface area contributed by atoms with Crippen molar-refractivity contribution in [2.45, 2.75) is 53.1 Å². The van der Waals surface area contributed by atoms with Crippen LogP contribution in [0.3, 0.4) is 0 Å². The molecule has 0 heterocycles. The van der Waals surface area contributed by atoms with Gasteiger partial charge in [-0.2, -0.15) is 0 Å². The number of rotatable bonds is 5. The molecule has 0 aliphatic heterocycles.